The van der Waals surface area contributed by atoms with E-state index in [4.69, 9.17) is 18.5 Å². The Morgan fingerprint density at radius 1 is 0.517 bits per heavy atom. The lowest BCUT2D eigenvalue weighted by Crippen LogP contribution is -2.37. The molecule has 58 heavy (non-hydrogen) atoms. The van der Waals surface area contributed by atoms with E-state index in [1.54, 1.807) is 0 Å². The molecule has 346 valence electrons. The standard InChI is InChI=1S/C49H98NO7P/c1-6-8-10-12-14-16-18-20-21-22-23-24-25-26-27-28-29-31-33-35-37-39-41-44-54-46-48(47-56-58(52,53)55-45-43-50(3,4)5)57-49(51)42-40-38-36-34-32-30-19-17-15-13-11-9-7-2/h17,19,48H,6-16,18,20-47H2,1-5H3/p+1/b19-17-. The molecule has 0 saturated carbocycles. The van der Waals surface area contributed by atoms with Crippen molar-refractivity contribution in [2.24, 2.45) is 0 Å². The highest BCUT2D eigenvalue weighted by atomic mass is 31.2. The Labute approximate surface area is 360 Å². The smallest absolute Gasteiger partial charge is 0.457 e. The molecule has 0 aliphatic rings. The van der Waals surface area contributed by atoms with Gasteiger partial charge in [-0.15, -0.1) is 0 Å². The first-order valence-electron chi connectivity index (χ1n) is 24.9. The third-order valence-electron chi connectivity index (χ3n) is 11.1. The SMILES string of the molecule is CCCCCC/C=C\CCCCCCCC(=O)OC(COCCCCCCCCCCCCCCCCCCCCCCCCC)COP(=O)(O)OCC[N+](C)(C)C. The molecule has 2 atom stereocenters. The van der Waals surface area contributed by atoms with Crippen molar-refractivity contribution in [3.63, 3.8) is 0 Å². The summed E-state index contributed by atoms with van der Waals surface area (Å²) in [6, 6.07) is 0. The van der Waals surface area contributed by atoms with Crippen molar-refractivity contribution in [1.29, 1.82) is 0 Å². The van der Waals surface area contributed by atoms with Crippen LogP contribution in [0.2, 0.25) is 0 Å². The van der Waals surface area contributed by atoms with Crippen LogP contribution in [0.15, 0.2) is 12.2 Å². The molecule has 0 rings (SSSR count). The van der Waals surface area contributed by atoms with E-state index >= 15 is 0 Å². The number of phosphoric acid groups is 1. The maximum atomic E-state index is 12.7. The minimum Gasteiger partial charge on any atom is -0.457 e. The van der Waals surface area contributed by atoms with Gasteiger partial charge >= 0.3 is 13.8 Å². The fourth-order valence-corrected chi connectivity index (χ4v) is 7.94. The first-order valence-corrected chi connectivity index (χ1v) is 26.4. The number of rotatable bonds is 47. The van der Waals surface area contributed by atoms with Gasteiger partial charge in [0, 0.05) is 13.0 Å². The number of carbonyl (C=O) groups excluding carboxylic acids is 1. The highest BCUT2D eigenvalue weighted by Crippen LogP contribution is 2.43. The molecule has 0 heterocycles. The summed E-state index contributed by atoms with van der Waals surface area (Å²) >= 11 is 0. The molecule has 0 saturated heterocycles. The molecule has 0 fully saturated rings. The summed E-state index contributed by atoms with van der Waals surface area (Å²) in [5, 5.41) is 0. The fraction of sp³-hybridized carbons (Fsp3) is 0.939. The van der Waals surface area contributed by atoms with E-state index in [-0.39, 0.29) is 25.8 Å². The van der Waals surface area contributed by atoms with Gasteiger partial charge in [-0.1, -0.05) is 206 Å². The summed E-state index contributed by atoms with van der Waals surface area (Å²) in [6.45, 7) is 5.65. The van der Waals surface area contributed by atoms with Crippen molar-refractivity contribution in [2.45, 2.75) is 245 Å². The lowest BCUT2D eigenvalue weighted by Gasteiger charge is -2.24. The number of esters is 1. The molecule has 0 aromatic rings. The molecule has 0 bridgehead atoms. The summed E-state index contributed by atoms with van der Waals surface area (Å²) in [5.74, 6) is -0.318. The molecule has 0 spiro atoms. The molecule has 0 aromatic heterocycles. The largest absolute Gasteiger partial charge is 0.472 e. The number of hydrogen-bond donors (Lipinski definition) is 1. The normalized spacial score (nSPS) is 13.7. The minimum absolute atomic E-state index is 0.0904. The van der Waals surface area contributed by atoms with Crippen LogP contribution in [0.25, 0.3) is 0 Å². The molecule has 0 aliphatic carbocycles. The zero-order valence-electron chi connectivity index (χ0n) is 39.3. The van der Waals surface area contributed by atoms with Gasteiger partial charge in [0.05, 0.1) is 34.4 Å². The van der Waals surface area contributed by atoms with Crippen LogP contribution in [0.4, 0.5) is 0 Å². The average molecular weight is 845 g/mol. The average Bonchev–Trinajstić information content (AvgIpc) is 3.18. The van der Waals surface area contributed by atoms with Gasteiger partial charge in [-0.05, 0) is 38.5 Å². The maximum Gasteiger partial charge on any atom is 0.472 e. The maximum absolute atomic E-state index is 12.7. The highest BCUT2D eigenvalue weighted by Gasteiger charge is 2.26. The number of nitrogens with zero attached hydrogens (tertiary/aromatic N) is 1. The highest BCUT2D eigenvalue weighted by molar-refractivity contribution is 7.47. The zero-order chi connectivity index (χ0) is 42.7. The number of quaternary nitrogens is 1. The van der Waals surface area contributed by atoms with Crippen LogP contribution < -0.4 is 0 Å². The molecule has 1 N–H and O–H groups in total. The molecular weight excluding hydrogens is 746 g/mol. The molecule has 8 nitrogen and oxygen atoms in total. The topological polar surface area (TPSA) is 91.3 Å². The lowest BCUT2D eigenvalue weighted by atomic mass is 10.0. The fourth-order valence-electron chi connectivity index (χ4n) is 7.20. The van der Waals surface area contributed by atoms with E-state index in [1.165, 1.54) is 180 Å². The second kappa shape index (κ2) is 42.9. The van der Waals surface area contributed by atoms with E-state index in [0.29, 0.717) is 24.1 Å². The number of carbonyl (C=O) groups is 1. The summed E-state index contributed by atoms with van der Waals surface area (Å²) < 4.78 is 35.1. The second-order valence-electron chi connectivity index (χ2n) is 18.2. The van der Waals surface area contributed by atoms with Gasteiger partial charge in [-0.2, -0.15) is 0 Å². The number of unbranched alkanes of at least 4 members (excludes halogenated alkanes) is 31. The van der Waals surface area contributed by atoms with Crippen LogP contribution in [0, 0.1) is 0 Å². The lowest BCUT2D eigenvalue weighted by molar-refractivity contribution is -0.870. The molecule has 2 unspecified atom stereocenters. The Hall–Kier alpha value is -0.760. The second-order valence-corrected chi connectivity index (χ2v) is 19.7. The van der Waals surface area contributed by atoms with E-state index in [2.05, 4.69) is 26.0 Å². The Morgan fingerprint density at radius 3 is 1.33 bits per heavy atom. The van der Waals surface area contributed by atoms with E-state index < -0.39 is 13.9 Å². The number of phosphoric ester groups is 1. The summed E-state index contributed by atoms with van der Waals surface area (Å²) in [7, 11) is 1.68. The van der Waals surface area contributed by atoms with Gasteiger partial charge in [0.2, 0.25) is 0 Å². The van der Waals surface area contributed by atoms with Crippen molar-refractivity contribution in [1.82, 2.24) is 0 Å². The Morgan fingerprint density at radius 2 is 0.897 bits per heavy atom. The number of likely N-dealkylation sites (N-methyl/N-ethyl adjacent to an activating group) is 1. The molecule has 0 radical (unpaired) electrons. The van der Waals surface area contributed by atoms with Crippen LogP contribution in [0.3, 0.4) is 0 Å². The first kappa shape index (κ1) is 57.2. The summed E-state index contributed by atoms with van der Waals surface area (Å²) in [4.78, 5) is 22.9. The first-order chi connectivity index (χ1) is 28.1. The van der Waals surface area contributed by atoms with Crippen LogP contribution in [0.5, 0.6) is 0 Å². The Kier molecular flexibility index (Phi) is 42.3. The van der Waals surface area contributed by atoms with Gasteiger partial charge < -0.3 is 18.9 Å². The van der Waals surface area contributed by atoms with Crippen molar-refractivity contribution in [3.8, 4) is 0 Å². The summed E-state index contributed by atoms with van der Waals surface area (Å²) in [5.41, 5.74) is 0. The quantitative estimate of drug-likeness (QED) is 0.0214. The van der Waals surface area contributed by atoms with Crippen molar-refractivity contribution < 1.29 is 37.3 Å². The molecule has 0 amide bonds. The summed E-state index contributed by atoms with van der Waals surface area (Å²) in [6.07, 6.45) is 48.3. The van der Waals surface area contributed by atoms with Gasteiger partial charge in [0.25, 0.3) is 0 Å². The number of hydrogen-bond acceptors (Lipinski definition) is 6. The number of ether oxygens (including phenoxy) is 2. The van der Waals surface area contributed by atoms with Gasteiger partial charge in [-0.3, -0.25) is 13.8 Å². The Balaban J connectivity index is 4.05. The van der Waals surface area contributed by atoms with E-state index in [0.717, 1.165) is 38.5 Å². The Bertz CT molecular complexity index is 940. The van der Waals surface area contributed by atoms with Crippen molar-refractivity contribution >= 4 is 13.8 Å². The third-order valence-corrected chi connectivity index (χ3v) is 12.1. The van der Waals surface area contributed by atoms with Gasteiger partial charge in [0.1, 0.15) is 19.3 Å². The van der Waals surface area contributed by atoms with Crippen LogP contribution >= 0.6 is 7.82 Å². The third kappa shape index (κ3) is 46.3. The molecule has 0 aliphatic heterocycles. The van der Waals surface area contributed by atoms with Gasteiger partial charge in [0.15, 0.2) is 0 Å². The van der Waals surface area contributed by atoms with Crippen molar-refractivity contribution in [2.75, 3.05) is 54.1 Å². The monoisotopic (exact) mass is 845 g/mol. The van der Waals surface area contributed by atoms with Crippen LogP contribution in [-0.2, 0) is 27.9 Å². The van der Waals surface area contributed by atoms with E-state index in [1.807, 2.05) is 21.1 Å². The van der Waals surface area contributed by atoms with Crippen molar-refractivity contribution in [3.05, 3.63) is 12.2 Å². The predicted molar refractivity (Wildman–Crippen MR) is 247 cm³/mol. The van der Waals surface area contributed by atoms with E-state index in [9.17, 15) is 14.3 Å². The van der Waals surface area contributed by atoms with Gasteiger partial charge in [-0.25, -0.2) is 4.57 Å². The number of allylic oxidation sites excluding steroid dienone is 2. The minimum atomic E-state index is -4.27. The van der Waals surface area contributed by atoms with Crippen LogP contribution in [-0.4, -0.2) is 75.6 Å². The molecule has 0 aromatic carbocycles. The predicted octanol–water partition coefficient (Wildman–Crippen LogP) is 15.0. The molecule has 9 heteroatoms. The van der Waals surface area contributed by atoms with Crippen LogP contribution in [0.1, 0.15) is 239 Å². The molecular formula is C49H99NO7P+. The zero-order valence-corrected chi connectivity index (χ0v) is 40.2.